The molecule has 1 amide bonds. The molecule has 138 valence electrons. The number of carbonyl (C=O) groups excluding carboxylic acids is 1. The van der Waals surface area contributed by atoms with Crippen molar-refractivity contribution in [2.75, 3.05) is 20.2 Å². The summed E-state index contributed by atoms with van der Waals surface area (Å²) in [6, 6.07) is 8.45. The van der Waals surface area contributed by atoms with Gasteiger partial charge in [-0.1, -0.05) is 23.1 Å². The summed E-state index contributed by atoms with van der Waals surface area (Å²) in [4.78, 5) is 20.6. The van der Waals surface area contributed by atoms with Crippen molar-refractivity contribution in [2.24, 2.45) is 5.92 Å². The number of piperidine rings is 3. The van der Waals surface area contributed by atoms with E-state index >= 15 is 0 Å². The number of nitrogens with zero attached hydrogens (tertiary/aromatic N) is 2. The SMILES string of the molecule is COc1cnc(Sc2ccc(C(=O)NC3C4CCN(CC4)C3C)cc2)s1. The maximum Gasteiger partial charge on any atom is 0.251 e. The van der Waals surface area contributed by atoms with Crippen molar-refractivity contribution >= 4 is 29.0 Å². The van der Waals surface area contributed by atoms with E-state index < -0.39 is 0 Å². The molecular formula is C19H23N3O2S2. The highest BCUT2D eigenvalue weighted by molar-refractivity contribution is 8.01. The van der Waals surface area contributed by atoms with Crippen molar-refractivity contribution in [1.82, 2.24) is 15.2 Å². The molecule has 5 rings (SSSR count). The van der Waals surface area contributed by atoms with Crippen LogP contribution >= 0.6 is 23.1 Å². The van der Waals surface area contributed by atoms with Crippen molar-refractivity contribution in [3.63, 3.8) is 0 Å². The minimum atomic E-state index is 0.0306. The summed E-state index contributed by atoms with van der Waals surface area (Å²) in [5.41, 5.74) is 0.717. The summed E-state index contributed by atoms with van der Waals surface area (Å²) in [5.74, 6) is 0.650. The summed E-state index contributed by atoms with van der Waals surface area (Å²) >= 11 is 3.09. The molecule has 3 saturated heterocycles. The number of nitrogens with one attached hydrogen (secondary N) is 1. The maximum atomic E-state index is 12.7. The minimum Gasteiger partial charge on any atom is -0.486 e. The van der Waals surface area contributed by atoms with Crippen LogP contribution in [0.3, 0.4) is 0 Å². The predicted molar refractivity (Wildman–Crippen MR) is 104 cm³/mol. The van der Waals surface area contributed by atoms with Crippen LogP contribution in [0.25, 0.3) is 0 Å². The number of ether oxygens (including phenoxy) is 1. The third-order valence-electron chi connectivity index (χ3n) is 5.46. The molecule has 26 heavy (non-hydrogen) atoms. The number of hydrogen-bond acceptors (Lipinski definition) is 6. The molecule has 3 fully saturated rings. The first-order valence-electron chi connectivity index (χ1n) is 8.96. The Morgan fingerprint density at radius 1 is 1.31 bits per heavy atom. The number of hydrogen-bond donors (Lipinski definition) is 1. The van der Waals surface area contributed by atoms with E-state index in [4.69, 9.17) is 4.74 Å². The Labute approximate surface area is 162 Å². The molecule has 1 N–H and O–H groups in total. The zero-order valence-corrected chi connectivity index (χ0v) is 16.6. The van der Waals surface area contributed by atoms with Gasteiger partial charge in [-0.3, -0.25) is 9.69 Å². The van der Waals surface area contributed by atoms with Gasteiger partial charge in [-0.15, -0.1) is 0 Å². The quantitative estimate of drug-likeness (QED) is 0.848. The molecule has 3 aliphatic heterocycles. The summed E-state index contributed by atoms with van der Waals surface area (Å²) in [7, 11) is 1.64. The molecule has 3 aliphatic rings. The molecule has 7 heteroatoms. The number of amides is 1. The summed E-state index contributed by atoms with van der Waals surface area (Å²) < 4.78 is 6.10. The molecule has 4 heterocycles. The summed E-state index contributed by atoms with van der Waals surface area (Å²) in [6.45, 7) is 4.58. The van der Waals surface area contributed by atoms with Gasteiger partial charge in [-0.25, -0.2) is 4.98 Å². The van der Waals surface area contributed by atoms with Crippen molar-refractivity contribution < 1.29 is 9.53 Å². The van der Waals surface area contributed by atoms with Crippen molar-refractivity contribution in [3.05, 3.63) is 36.0 Å². The second kappa shape index (κ2) is 7.58. The topological polar surface area (TPSA) is 54.5 Å². The third-order valence-corrected chi connectivity index (χ3v) is 7.50. The molecule has 2 aromatic rings. The van der Waals surface area contributed by atoms with E-state index in [2.05, 4.69) is 22.1 Å². The molecule has 0 saturated carbocycles. The van der Waals surface area contributed by atoms with Crippen LogP contribution in [0.4, 0.5) is 0 Å². The van der Waals surface area contributed by atoms with Gasteiger partial charge >= 0.3 is 0 Å². The molecule has 1 aromatic heterocycles. The number of benzene rings is 1. The first kappa shape index (κ1) is 17.8. The molecular weight excluding hydrogens is 366 g/mol. The molecule has 0 spiro atoms. The molecule has 2 bridgehead atoms. The van der Waals surface area contributed by atoms with Gasteiger partial charge in [-0.2, -0.15) is 0 Å². The van der Waals surface area contributed by atoms with Gasteiger partial charge in [0.25, 0.3) is 5.91 Å². The molecule has 5 nitrogen and oxygen atoms in total. The maximum absolute atomic E-state index is 12.7. The Kier molecular flexibility index (Phi) is 5.20. The lowest BCUT2D eigenvalue weighted by Gasteiger charge is -2.49. The van der Waals surface area contributed by atoms with Crippen molar-refractivity contribution in [1.29, 1.82) is 0 Å². The zero-order chi connectivity index (χ0) is 18.1. The normalized spacial score (nSPS) is 27.3. The Morgan fingerprint density at radius 3 is 2.65 bits per heavy atom. The second-order valence-corrected chi connectivity index (χ2v) is 9.20. The predicted octanol–water partition coefficient (Wildman–Crippen LogP) is 3.52. The average molecular weight is 390 g/mol. The standard InChI is InChI=1S/C19H23N3O2S2/c1-12-17(13-7-9-22(12)10-8-13)21-18(23)14-3-5-15(6-4-14)25-19-20-11-16(24-2)26-19/h3-6,11-13,17H,7-10H2,1-2H3,(H,21,23). The van der Waals surface area contributed by atoms with E-state index in [1.807, 2.05) is 24.3 Å². The van der Waals surface area contributed by atoms with Crippen molar-refractivity contribution in [2.45, 2.75) is 41.1 Å². The Bertz CT molecular complexity index is 767. The van der Waals surface area contributed by atoms with E-state index in [0.717, 1.165) is 19.9 Å². The number of carbonyl (C=O) groups is 1. The lowest BCUT2D eigenvalue weighted by molar-refractivity contribution is 0.0217. The first-order valence-corrected chi connectivity index (χ1v) is 10.6. The fraction of sp³-hybridized carbons (Fsp3) is 0.474. The van der Waals surface area contributed by atoms with Gasteiger partial charge in [0.2, 0.25) is 0 Å². The van der Waals surface area contributed by atoms with E-state index in [-0.39, 0.29) is 11.9 Å². The van der Waals surface area contributed by atoms with Crippen LogP contribution in [0.5, 0.6) is 5.06 Å². The number of methoxy groups -OCH3 is 1. The average Bonchev–Trinajstić information content (AvgIpc) is 3.13. The number of rotatable bonds is 5. The van der Waals surface area contributed by atoms with E-state index in [0.29, 0.717) is 12.0 Å². The van der Waals surface area contributed by atoms with E-state index in [9.17, 15) is 4.79 Å². The lowest BCUT2D eigenvalue weighted by Crippen LogP contribution is -2.62. The van der Waals surface area contributed by atoms with Gasteiger partial charge in [0.1, 0.15) is 0 Å². The van der Waals surface area contributed by atoms with Gasteiger partial charge in [-0.05, 0) is 63.0 Å². The molecule has 2 unspecified atom stereocenters. The first-order chi connectivity index (χ1) is 12.6. The van der Waals surface area contributed by atoms with Gasteiger partial charge < -0.3 is 10.1 Å². The van der Waals surface area contributed by atoms with Crippen LogP contribution in [0.2, 0.25) is 0 Å². The minimum absolute atomic E-state index is 0.0306. The lowest BCUT2D eigenvalue weighted by atomic mass is 9.79. The monoisotopic (exact) mass is 389 g/mol. The summed E-state index contributed by atoms with van der Waals surface area (Å²) in [5, 5.41) is 4.08. The van der Waals surface area contributed by atoms with E-state index in [1.54, 1.807) is 25.1 Å². The highest BCUT2D eigenvalue weighted by Crippen LogP contribution is 2.35. The fourth-order valence-electron chi connectivity index (χ4n) is 3.94. The van der Waals surface area contributed by atoms with Gasteiger partial charge in [0, 0.05) is 22.5 Å². The highest BCUT2D eigenvalue weighted by Gasteiger charge is 2.40. The van der Waals surface area contributed by atoms with Crippen LogP contribution in [-0.4, -0.2) is 48.1 Å². The third kappa shape index (κ3) is 3.61. The molecule has 1 aromatic carbocycles. The van der Waals surface area contributed by atoms with Gasteiger partial charge in [0.05, 0.1) is 13.3 Å². The summed E-state index contributed by atoms with van der Waals surface area (Å²) in [6.07, 6.45) is 4.12. The van der Waals surface area contributed by atoms with Gasteiger partial charge in [0.15, 0.2) is 9.40 Å². The van der Waals surface area contributed by atoms with Crippen LogP contribution < -0.4 is 10.1 Å². The van der Waals surface area contributed by atoms with Crippen LogP contribution in [0.15, 0.2) is 39.7 Å². The number of aromatic nitrogens is 1. The smallest absolute Gasteiger partial charge is 0.251 e. The highest BCUT2D eigenvalue weighted by atomic mass is 32.2. The Morgan fingerprint density at radius 2 is 2.04 bits per heavy atom. The number of thiazole rings is 1. The Hall–Kier alpha value is -1.57. The fourth-order valence-corrected chi connectivity index (χ4v) is 5.69. The largest absolute Gasteiger partial charge is 0.486 e. The zero-order valence-electron chi connectivity index (χ0n) is 15.0. The number of fused-ring (bicyclic) bond motifs is 3. The van der Waals surface area contributed by atoms with Crippen LogP contribution in [0, 0.1) is 5.92 Å². The second-order valence-electron chi connectivity index (χ2n) is 6.89. The molecule has 0 aliphatic carbocycles. The van der Waals surface area contributed by atoms with E-state index in [1.165, 1.54) is 37.3 Å². The molecule has 0 radical (unpaired) electrons. The Balaban J connectivity index is 1.39. The van der Waals surface area contributed by atoms with Crippen LogP contribution in [-0.2, 0) is 0 Å². The van der Waals surface area contributed by atoms with Crippen molar-refractivity contribution in [3.8, 4) is 5.06 Å². The molecule has 2 atom stereocenters. The van der Waals surface area contributed by atoms with Crippen LogP contribution in [0.1, 0.15) is 30.1 Å².